The van der Waals surface area contributed by atoms with E-state index in [1.165, 1.54) is 47.4 Å². The van der Waals surface area contributed by atoms with Crippen molar-refractivity contribution in [1.29, 1.82) is 0 Å². The molecule has 1 aromatic carbocycles. The largest absolute Gasteiger partial charge is 0.314 e. The van der Waals surface area contributed by atoms with E-state index in [0.29, 0.717) is 6.54 Å². The van der Waals surface area contributed by atoms with Crippen molar-refractivity contribution < 1.29 is 5.21 Å². The highest BCUT2D eigenvalue weighted by molar-refractivity contribution is 5.36. The van der Waals surface area contributed by atoms with Crippen LogP contribution in [-0.2, 0) is 19.4 Å². The van der Waals surface area contributed by atoms with Crippen LogP contribution in [0.3, 0.4) is 0 Å². The monoisotopic (exact) mass is 191 g/mol. The molecule has 0 radical (unpaired) electrons. The van der Waals surface area contributed by atoms with Crippen LogP contribution in [0.1, 0.15) is 29.5 Å². The molecule has 1 aromatic rings. The third-order valence-corrected chi connectivity index (χ3v) is 2.89. The van der Waals surface area contributed by atoms with Crippen molar-refractivity contribution >= 4 is 0 Å². The van der Waals surface area contributed by atoms with E-state index in [1.807, 2.05) is 0 Å². The number of hydrogen-bond donors (Lipinski definition) is 1. The van der Waals surface area contributed by atoms with Gasteiger partial charge in [0.15, 0.2) is 0 Å². The van der Waals surface area contributed by atoms with Gasteiger partial charge in [-0.25, -0.2) is 0 Å². The molecule has 0 spiro atoms. The lowest BCUT2D eigenvalue weighted by Gasteiger charge is -2.20. The smallest absolute Gasteiger partial charge is 0.0488 e. The molecule has 0 fully saturated rings. The number of aryl methyl sites for hydroxylation is 1. The second kappa shape index (κ2) is 4.11. The Morgan fingerprint density at radius 3 is 2.86 bits per heavy atom. The summed E-state index contributed by atoms with van der Waals surface area (Å²) < 4.78 is 0. The van der Waals surface area contributed by atoms with E-state index in [0.717, 1.165) is 0 Å². The summed E-state index contributed by atoms with van der Waals surface area (Å²) in [6.45, 7) is 0.642. The van der Waals surface area contributed by atoms with E-state index in [2.05, 4.69) is 18.2 Å². The lowest BCUT2D eigenvalue weighted by atomic mass is 9.88. The van der Waals surface area contributed by atoms with Crippen LogP contribution >= 0.6 is 0 Å². The molecule has 0 saturated carbocycles. The Bertz CT molecular complexity index is 320. The first-order valence-corrected chi connectivity index (χ1v) is 5.27. The molecule has 0 aliphatic heterocycles. The van der Waals surface area contributed by atoms with Gasteiger partial charge in [-0.15, -0.1) is 0 Å². The van der Waals surface area contributed by atoms with Crippen LogP contribution in [0.4, 0.5) is 0 Å². The predicted molar refractivity (Wildman–Crippen MR) is 56.3 cm³/mol. The van der Waals surface area contributed by atoms with Gasteiger partial charge in [-0.3, -0.25) is 0 Å². The van der Waals surface area contributed by atoms with Crippen molar-refractivity contribution in [2.45, 2.75) is 32.2 Å². The van der Waals surface area contributed by atoms with E-state index >= 15 is 0 Å². The minimum Gasteiger partial charge on any atom is -0.314 e. The zero-order chi connectivity index (χ0) is 9.97. The Hall–Kier alpha value is -0.860. The molecule has 2 nitrogen and oxygen atoms in total. The van der Waals surface area contributed by atoms with Crippen LogP contribution in [0, 0.1) is 0 Å². The van der Waals surface area contributed by atoms with Crippen LogP contribution in [0.2, 0.25) is 0 Å². The highest BCUT2D eigenvalue weighted by atomic mass is 16.5. The van der Waals surface area contributed by atoms with E-state index in [1.54, 1.807) is 7.05 Å². The van der Waals surface area contributed by atoms with Gasteiger partial charge in [0, 0.05) is 13.6 Å². The van der Waals surface area contributed by atoms with Crippen molar-refractivity contribution in [3.63, 3.8) is 0 Å². The molecule has 1 N–H and O–H groups in total. The summed E-state index contributed by atoms with van der Waals surface area (Å²) in [5.41, 5.74) is 4.24. The van der Waals surface area contributed by atoms with Gasteiger partial charge in [0.25, 0.3) is 0 Å². The Labute approximate surface area is 85.1 Å². The Balaban J connectivity index is 2.30. The molecule has 0 saturated heterocycles. The molecular formula is C12H17NO. The van der Waals surface area contributed by atoms with Crippen molar-refractivity contribution in [1.82, 2.24) is 5.06 Å². The van der Waals surface area contributed by atoms with Gasteiger partial charge in [0.2, 0.25) is 0 Å². The molecule has 2 rings (SSSR count). The molecule has 0 aromatic heterocycles. The van der Waals surface area contributed by atoms with Crippen molar-refractivity contribution in [2.24, 2.45) is 0 Å². The fourth-order valence-electron chi connectivity index (χ4n) is 2.26. The summed E-state index contributed by atoms with van der Waals surface area (Å²) >= 11 is 0. The molecule has 0 heterocycles. The van der Waals surface area contributed by atoms with Crippen LogP contribution in [0.15, 0.2) is 18.2 Å². The lowest BCUT2D eigenvalue weighted by molar-refractivity contribution is -0.0733. The SMILES string of the molecule is CN(O)Cc1cccc2c1CCCC2. The van der Waals surface area contributed by atoms with Gasteiger partial charge >= 0.3 is 0 Å². The lowest BCUT2D eigenvalue weighted by Crippen LogP contribution is -2.15. The van der Waals surface area contributed by atoms with Gasteiger partial charge in [-0.1, -0.05) is 18.2 Å². The third-order valence-electron chi connectivity index (χ3n) is 2.89. The fraction of sp³-hybridized carbons (Fsp3) is 0.500. The second-order valence-electron chi connectivity index (χ2n) is 4.08. The number of rotatable bonds is 2. The first kappa shape index (κ1) is 9.69. The molecule has 2 heteroatoms. The minimum atomic E-state index is 0.642. The van der Waals surface area contributed by atoms with Crippen LogP contribution in [-0.4, -0.2) is 17.3 Å². The molecule has 1 aliphatic rings. The van der Waals surface area contributed by atoms with Crippen LogP contribution in [0.5, 0.6) is 0 Å². The number of nitrogens with zero attached hydrogens (tertiary/aromatic N) is 1. The van der Waals surface area contributed by atoms with Gasteiger partial charge in [-0.05, 0) is 42.4 Å². The number of hydroxylamine groups is 2. The average Bonchev–Trinajstić information content (AvgIpc) is 2.18. The number of benzene rings is 1. The van der Waals surface area contributed by atoms with Crippen molar-refractivity contribution in [3.05, 3.63) is 34.9 Å². The molecule has 0 atom stereocenters. The highest BCUT2D eigenvalue weighted by Gasteiger charge is 2.12. The first-order valence-electron chi connectivity index (χ1n) is 5.27. The Morgan fingerprint density at radius 2 is 2.07 bits per heavy atom. The molecule has 0 amide bonds. The minimum absolute atomic E-state index is 0.642. The summed E-state index contributed by atoms with van der Waals surface area (Å²) in [5, 5.41) is 10.5. The zero-order valence-electron chi connectivity index (χ0n) is 8.66. The normalized spacial score (nSPS) is 15.6. The summed E-state index contributed by atoms with van der Waals surface area (Å²) in [7, 11) is 1.70. The predicted octanol–water partition coefficient (Wildman–Crippen LogP) is 2.39. The van der Waals surface area contributed by atoms with Gasteiger partial charge < -0.3 is 5.21 Å². The van der Waals surface area contributed by atoms with E-state index in [-0.39, 0.29) is 0 Å². The maximum Gasteiger partial charge on any atom is 0.0488 e. The quantitative estimate of drug-likeness (QED) is 0.725. The average molecular weight is 191 g/mol. The summed E-state index contributed by atoms with van der Waals surface area (Å²) in [5.74, 6) is 0. The number of fused-ring (bicyclic) bond motifs is 1. The van der Waals surface area contributed by atoms with Gasteiger partial charge in [-0.2, -0.15) is 5.06 Å². The summed E-state index contributed by atoms with van der Waals surface area (Å²) in [6.07, 6.45) is 4.99. The molecule has 1 aliphatic carbocycles. The van der Waals surface area contributed by atoms with Crippen LogP contribution in [0.25, 0.3) is 0 Å². The number of hydrogen-bond acceptors (Lipinski definition) is 2. The van der Waals surface area contributed by atoms with Crippen molar-refractivity contribution in [2.75, 3.05) is 7.05 Å². The van der Waals surface area contributed by atoms with E-state index < -0.39 is 0 Å². The van der Waals surface area contributed by atoms with E-state index in [9.17, 15) is 5.21 Å². The van der Waals surface area contributed by atoms with E-state index in [4.69, 9.17) is 0 Å². The fourth-order valence-corrected chi connectivity index (χ4v) is 2.26. The zero-order valence-corrected chi connectivity index (χ0v) is 8.66. The Morgan fingerprint density at radius 1 is 1.29 bits per heavy atom. The first-order chi connectivity index (χ1) is 6.77. The van der Waals surface area contributed by atoms with Gasteiger partial charge in [0.05, 0.1) is 0 Å². The molecule has 14 heavy (non-hydrogen) atoms. The topological polar surface area (TPSA) is 23.5 Å². The van der Waals surface area contributed by atoms with Crippen LogP contribution < -0.4 is 0 Å². The second-order valence-corrected chi connectivity index (χ2v) is 4.08. The summed E-state index contributed by atoms with van der Waals surface area (Å²) in [4.78, 5) is 0. The molecule has 0 bridgehead atoms. The van der Waals surface area contributed by atoms with Crippen molar-refractivity contribution in [3.8, 4) is 0 Å². The molecule has 76 valence electrons. The standard InChI is InChI=1S/C12H17NO/c1-13(14)9-11-7-4-6-10-5-2-3-8-12(10)11/h4,6-7,14H,2-3,5,8-9H2,1H3. The maximum absolute atomic E-state index is 9.24. The molecule has 0 unspecified atom stereocenters. The summed E-state index contributed by atoms with van der Waals surface area (Å²) in [6, 6.07) is 6.44. The highest BCUT2D eigenvalue weighted by Crippen LogP contribution is 2.24. The third kappa shape index (κ3) is 1.97. The maximum atomic E-state index is 9.24. The Kier molecular flexibility index (Phi) is 2.85. The molecular weight excluding hydrogens is 174 g/mol. The van der Waals surface area contributed by atoms with Gasteiger partial charge in [0.1, 0.15) is 0 Å².